The van der Waals surface area contributed by atoms with Gasteiger partial charge in [0.05, 0.1) is 0 Å². The van der Waals surface area contributed by atoms with Gasteiger partial charge < -0.3 is 6.15 Å². The van der Waals surface area contributed by atoms with Crippen LogP contribution in [0.15, 0.2) is 18.2 Å². The van der Waals surface area contributed by atoms with Crippen LogP contribution in [0.1, 0.15) is 23.6 Å². The third-order valence-corrected chi connectivity index (χ3v) is 2.10. The van der Waals surface area contributed by atoms with E-state index >= 15 is 0 Å². The Kier molecular flexibility index (Phi) is 3.83. The molecule has 3 N–H and O–H groups in total. The van der Waals surface area contributed by atoms with E-state index in [1.54, 1.807) is 0 Å². The first-order valence-electron chi connectivity index (χ1n) is 3.80. The van der Waals surface area contributed by atoms with Gasteiger partial charge in [-0.15, -0.1) is 0 Å². The maximum Gasteiger partial charge on any atom is -0.0305 e. The first-order chi connectivity index (χ1) is 4.75. The Bertz CT molecular complexity index is 228. The van der Waals surface area contributed by atoms with Crippen LogP contribution in [0.2, 0.25) is 0 Å². The third kappa shape index (κ3) is 2.05. The van der Waals surface area contributed by atoms with E-state index in [9.17, 15) is 0 Å². The Morgan fingerprint density at radius 1 is 1.18 bits per heavy atom. The number of rotatable bonds is 1. The van der Waals surface area contributed by atoms with E-state index in [-0.39, 0.29) is 6.15 Å². The average molecular weight is 151 g/mol. The van der Waals surface area contributed by atoms with Crippen molar-refractivity contribution in [2.45, 2.75) is 27.2 Å². The molecule has 0 aliphatic carbocycles. The minimum absolute atomic E-state index is 0. The molecule has 0 spiro atoms. The fraction of sp³-hybridized carbons (Fsp3) is 0.400. The van der Waals surface area contributed by atoms with Crippen molar-refractivity contribution in [3.05, 3.63) is 34.9 Å². The van der Waals surface area contributed by atoms with Crippen LogP contribution in [0.3, 0.4) is 0 Å². The van der Waals surface area contributed by atoms with Crippen molar-refractivity contribution in [3.8, 4) is 0 Å². The summed E-state index contributed by atoms with van der Waals surface area (Å²) in [5.74, 6) is 0. The molecule has 1 rings (SSSR count). The van der Waals surface area contributed by atoms with Gasteiger partial charge in [-0.25, -0.2) is 0 Å². The maximum atomic E-state index is 2.20. The molecule has 1 aromatic carbocycles. The Morgan fingerprint density at radius 3 is 2.27 bits per heavy atom. The lowest BCUT2D eigenvalue weighted by Crippen LogP contribution is -1.88. The normalized spacial score (nSPS) is 9.00. The number of hydrogen-bond acceptors (Lipinski definition) is 1. The second-order valence-electron chi connectivity index (χ2n) is 2.71. The first-order valence-corrected chi connectivity index (χ1v) is 3.80. The highest BCUT2D eigenvalue weighted by Gasteiger charge is 1.95. The average Bonchev–Trinajstić information content (AvgIpc) is 1.95. The highest BCUT2D eigenvalue weighted by Crippen LogP contribution is 2.12. The lowest BCUT2D eigenvalue weighted by Gasteiger charge is -2.04. The van der Waals surface area contributed by atoms with Crippen LogP contribution < -0.4 is 6.15 Å². The number of benzene rings is 1. The van der Waals surface area contributed by atoms with Gasteiger partial charge in [-0.3, -0.25) is 0 Å². The topological polar surface area (TPSA) is 35.0 Å². The Morgan fingerprint density at radius 2 is 1.82 bits per heavy atom. The van der Waals surface area contributed by atoms with E-state index < -0.39 is 0 Å². The number of hydrogen-bond donors (Lipinski definition) is 1. The van der Waals surface area contributed by atoms with Crippen LogP contribution in [0.5, 0.6) is 0 Å². The SMILES string of the molecule is CCc1cccc(C)c1C.N. The van der Waals surface area contributed by atoms with E-state index in [0.29, 0.717) is 0 Å². The summed E-state index contributed by atoms with van der Waals surface area (Å²) in [5.41, 5.74) is 4.32. The molecule has 0 amide bonds. The Labute approximate surface area is 69.0 Å². The minimum atomic E-state index is 0. The highest BCUT2D eigenvalue weighted by molar-refractivity contribution is 5.32. The molecular formula is C10H17N. The zero-order valence-electron chi connectivity index (χ0n) is 7.65. The monoisotopic (exact) mass is 151 g/mol. The zero-order valence-corrected chi connectivity index (χ0v) is 7.65. The zero-order chi connectivity index (χ0) is 7.56. The van der Waals surface area contributed by atoms with Crippen LogP contribution >= 0.6 is 0 Å². The summed E-state index contributed by atoms with van der Waals surface area (Å²) in [7, 11) is 0. The summed E-state index contributed by atoms with van der Waals surface area (Å²) in [4.78, 5) is 0. The van der Waals surface area contributed by atoms with E-state index in [4.69, 9.17) is 0 Å². The van der Waals surface area contributed by atoms with E-state index in [2.05, 4.69) is 39.0 Å². The van der Waals surface area contributed by atoms with Gasteiger partial charge in [-0.1, -0.05) is 25.1 Å². The standard InChI is InChI=1S/C10H14.H3N/c1-4-10-7-5-6-8(2)9(10)3;/h5-7H,4H2,1-3H3;1H3. The second-order valence-corrected chi connectivity index (χ2v) is 2.71. The van der Waals surface area contributed by atoms with Crippen LogP contribution in [0.4, 0.5) is 0 Å². The molecule has 0 aliphatic rings. The molecule has 0 atom stereocenters. The molecule has 0 heterocycles. The molecule has 1 aromatic rings. The van der Waals surface area contributed by atoms with Gasteiger partial charge >= 0.3 is 0 Å². The molecule has 0 saturated carbocycles. The van der Waals surface area contributed by atoms with Crippen LogP contribution in [0, 0.1) is 13.8 Å². The van der Waals surface area contributed by atoms with Crippen molar-refractivity contribution in [1.29, 1.82) is 0 Å². The summed E-state index contributed by atoms with van der Waals surface area (Å²) >= 11 is 0. The molecular weight excluding hydrogens is 134 g/mol. The summed E-state index contributed by atoms with van der Waals surface area (Å²) in [6.45, 7) is 6.55. The molecule has 0 fully saturated rings. The van der Waals surface area contributed by atoms with Gasteiger partial charge in [0, 0.05) is 0 Å². The van der Waals surface area contributed by atoms with Crippen LogP contribution in [-0.2, 0) is 6.42 Å². The Hall–Kier alpha value is -0.820. The van der Waals surface area contributed by atoms with Crippen LogP contribution in [-0.4, -0.2) is 0 Å². The maximum absolute atomic E-state index is 2.20. The second kappa shape index (κ2) is 4.14. The first kappa shape index (κ1) is 10.2. The number of aryl methyl sites for hydroxylation is 2. The molecule has 0 bridgehead atoms. The molecule has 62 valence electrons. The van der Waals surface area contributed by atoms with Crippen molar-refractivity contribution in [2.24, 2.45) is 0 Å². The molecule has 1 heteroatoms. The fourth-order valence-electron chi connectivity index (χ4n) is 1.19. The smallest absolute Gasteiger partial charge is 0.0305 e. The molecule has 0 aliphatic heterocycles. The predicted octanol–water partition coefficient (Wildman–Crippen LogP) is 3.03. The molecule has 11 heavy (non-hydrogen) atoms. The molecule has 0 radical (unpaired) electrons. The third-order valence-electron chi connectivity index (χ3n) is 2.10. The summed E-state index contributed by atoms with van der Waals surface area (Å²) in [6.07, 6.45) is 1.15. The van der Waals surface area contributed by atoms with Gasteiger partial charge in [0.1, 0.15) is 0 Å². The molecule has 0 saturated heterocycles. The largest absolute Gasteiger partial charge is 0.344 e. The van der Waals surface area contributed by atoms with Crippen molar-refractivity contribution < 1.29 is 0 Å². The van der Waals surface area contributed by atoms with Crippen molar-refractivity contribution in [1.82, 2.24) is 6.15 Å². The van der Waals surface area contributed by atoms with Gasteiger partial charge in [-0.05, 0) is 37.0 Å². The van der Waals surface area contributed by atoms with Gasteiger partial charge in [-0.2, -0.15) is 0 Å². The van der Waals surface area contributed by atoms with Crippen molar-refractivity contribution >= 4 is 0 Å². The summed E-state index contributed by atoms with van der Waals surface area (Å²) in [5, 5.41) is 0. The highest BCUT2D eigenvalue weighted by atomic mass is 14.0. The van der Waals surface area contributed by atoms with E-state index in [1.807, 2.05) is 0 Å². The van der Waals surface area contributed by atoms with Gasteiger partial charge in [0.2, 0.25) is 0 Å². The molecule has 0 aromatic heterocycles. The van der Waals surface area contributed by atoms with Gasteiger partial charge in [0.25, 0.3) is 0 Å². The van der Waals surface area contributed by atoms with Gasteiger partial charge in [0.15, 0.2) is 0 Å². The van der Waals surface area contributed by atoms with Crippen LogP contribution in [0.25, 0.3) is 0 Å². The lowest BCUT2D eigenvalue weighted by molar-refractivity contribution is 1.09. The molecule has 1 nitrogen and oxygen atoms in total. The lowest BCUT2D eigenvalue weighted by atomic mass is 10.0. The fourth-order valence-corrected chi connectivity index (χ4v) is 1.19. The molecule has 0 unspecified atom stereocenters. The van der Waals surface area contributed by atoms with Crippen molar-refractivity contribution in [3.63, 3.8) is 0 Å². The summed E-state index contributed by atoms with van der Waals surface area (Å²) < 4.78 is 0. The van der Waals surface area contributed by atoms with Crippen molar-refractivity contribution in [2.75, 3.05) is 0 Å². The predicted molar refractivity (Wildman–Crippen MR) is 50.3 cm³/mol. The van der Waals surface area contributed by atoms with E-state index in [0.717, 1.165) is 6.42 Å². The van der Waals surface area contributed by atoms with E-state index in [1.165, 1.54) is 16.7 Å². The minimum Gasteiger partial charge on any atom is -0.344 e. The quantitative estimate of drug-likeness (QED) is 0.657. The summed E-state index contributed by atoms with van der Waals surface area (Å²) in [6, 6.07) is 6.48. The Balaban J connectivity index is 0.000001000.